The van der Waals surface area contributed by atoms with Crippen LogP contribution in [0.15, 0.2) is 54.9 Å². The van der Waals surface area contributed by atoms with E-state index in [0.717, 1.165) is 30.4 Å². The van der Waals surface area contributed by atoms with Crippen molar-refractivity contribution < 1.29 is 14.3 Å². The Bertz CT molecular complexity index is 880. The summed E-state index contributed by atoms with van der Waals surface area (Å²) in [7, 11) is 0. The van der Waals surface area contributed by atoms with Crippen LogP contribution in [0.25, 0.3) is 0 Å². The normalized spacial score (nSPS) is 25.8. The zero-order valence-corrected chi connectivity index (χ0v) is 18.6. The summed E-state index contributed by atoms with van der Waals surface area (Å²) in [5.41, 5.74) is 1.86. The molecule has 1 N–H and O–H groups in total. The maximum absolute atomic E-state index is 13.2. The van der Waals surface area contributed by atoms with Crippen LogP contribution in [0.2, 0.25) is 0 Å². The highest BCUT2D eigenvalue weighted by molar-refractivity contribution is 7.99. The van der Waals surface area contributed by atoms with Gasteiger partial charge in [-0.1, -0.05) is 50.1 Å². The van der Waals surface area contributed by atoms with Gasteiger partial charge >= 0.3 is 6.09 Å². The molecule has 1 aliphatic carbocycles. The summed E-state index contributed by atoms with van der Waals surface area (Å²) in [6.45, 7) is 2.37. The Morgan fingerprint density at radius 2 is 1.87 bits per heavy atom. The molecule has 7 heteroatoms. The van der Waals surface area contributed by atoms with E-state index in [1.807, 2.05) is 42.5 Å². The fraction of sp³-hybridized carbons (Fsp3) is 0.458. The van der Waals surface area contributed by atoms with Gasteiger partial charge in [0.2, 0.25) is 5.91 Å². The number of carbonyl (C=O) groups is 2. The van der Waals surface area contributed by atoms with E-state index in [-0.39, 0.29) is 23.9 Å². The van der Waals surface area contributed by atoms with Crippen LogP contribution in [0.1, 0.15) is 49.1 Å². The molecular formula is C24H29N3O3S. The number of hydrogen-bond donors (Lipinski definition) is 1. The van der Waals surface area contributed by atoms with Crippen LogP contribution in [0, 0.1) is 5.92 Å². The second kappa shape index (κ2) is 10.2. The summed E-state index contributed by atoms with van der Waals surface area (Å²) in [6.07, 6.45) is 7.44. The van der Waals surface area contributed by atoms with Crippen LogP contribution in [-0.4, -0.2) is 39.7 Å². The lowest BCUT2D eigenvalue weighted by atomic mass is 9.86. The molecule has 6 nitrogen and oxygen atoms in total. The standard InChI is InChI=1S/C24H29N3O3S/c1-17-7-5-6-10-20(17)26-22(28)21-16-31-23(19-11-13-25-14-12-19)27(21)24(29)30-15-18-8-3-2-4-9-18/h2-4,8-9,11-14,17,20-21,23H,5-7,10,15-16H2,1H3,(H,26,28). The molecule has 2 fully saturated rings. The minimum atomic E-state index is -0.555. The fourth-order valence-electron chi connectivity index (χ4n) is 4.32. The van der Waals surface area contributed by atoms with Gasteiger partial charge < -0.3 is 10.1 Å². The first-order valence-electron chi connectivity index (χ1n) is 10.9. The number of nitrogens with zero attached hydrogens (tertiary/aromatic N) is 2. The fourth-order valence-corrected chi connectivity index (χ4v) is 5.74. The van der Waals surface area contributed by atoms with E-state index in [0.29, 0.717) is 11.7 Å². The van der Waals surface area contributed by atoms with E-state index >= 15 is 0 Å². The number of carbonyl (C=O) groups excluding carboxylic acids is 2. The van der Waals surface area contributed by atoms with Crippen LogP contribution in [-0.2, 0) is 16.1 Å². The number of ether oxygens (including phenoxy) is 1. The first-order valence-corrected chi connectivity index (χ1v) is 12.0. The van der Waals surface area contributed by atoms with Crippen molar-refractivity contribution in [3.05, 3.63) is 66.0 Å². The number of rotatable bonds is 5. The number of hydrogen-bond acceptors (Lipinski definition) is 5. The quantitative estimate of drug-likeness (QED) is 0.741. The molecule has 1 aliphatic heterocycles. The lowest BCUT2D eigenvalue weighted by molar-refractivity contribution is -0.126. The van der Waals surface area contributed by atoms with Gasteiger partial charge in [0.15, 0.2) is 0 Å². The molecule has 0 bridgehead atoms. The number of aromatic nitrogens is 1. The van der Waals surface area contributed by atoms with Gasteiger partial charge in [-0.25, -0.2) is 4.79 Å². The molecule has 4 rings (SSSR count). The van der Waals surface area contributed by atoms with E-state index in [9.17, 15) is 9.59 Å². The third-order valence-electron chi connectivity index (χ3n) is 6.15. The van der Waals surface area contributed by atoms with Gasteiger partial charge in [-0.2, -0.15) is 0 Å². The van der Waals surface area contributed by atoms with E-state index in [2.05, 4.69) is 17.2 Å². The van der Waals surface area contributed by atoms with Gasteiger partial charge in [0, 0.05) is 24.2 Å². The molecule has 1 saturated carbocycles. The minimum Gasteiger partial charge on any atom is -0.444 e. The summed E-state index contributed by atoms with van der Waals surface area (Å²) >= 11 is 1.59. The maximum Gasteiger partial charge on any atom is 0.412 e. The van der Waals surface area contributed by atoms with Gasteiger partial charge in [0.1, 0.15) is 18.0 Å². The maximum atomic E-state index is 13.2. The molecule has 2 heterocycles. The van der Waals surface area contributed by atoms with Crippen molar-refractivity contribution in [2.45, 2.75) is 56.7 Å². The van der Waals surface area contributed by atoms with Crippen molar-refractivity contribution in [3.63, 3.8) is 0 Å². The summed E-state index contributed by atoms with van der Waals surface area (Å²) in [4.78, 5) is 32.1. The smallest absolute Gasteiger partial charge is 0.412 e. The van der Waals surface area contributed by atoms with E-state index in [1.165, 1.54) is 6.42 Å². The Kier molecular flexibility index (Phi) is 7.12. The van der Waals surface area contributed by atoms with Gasteiger partial charge in [-0.05, 0) is 42.0 Å². The van der Waals surface area contributed by atoms with Crippen molar-refractivity contribution in [1.29, 1.82) is 0 Å². The van der Waals surface area contributed by atoms with E-state index < -0.39 is 12.1 Å². The van der Waals surface area contributed by atoms with Crippen LogP contribution in [0.4, 0.5) is 4.79 Å². The van der Waals surface area contributed by atoms with Crippen LogP contribution < -0.4 is 5.32 Å². The molecule has 1 aromatic heterocycles. The Morgan fingerprint density at radius 3 is 2.61 bits per heavy atom. The molecule has 2 amide bonds. The third kappa shape index (κ3) is 5.21. The van der Waals surface area contributed by atoms with Crippen LogP contribution >= 0.6 is 11.8 Å². The summed E-state index contributed by atoms with van der Waals surface area (Å²) in [5.74, 6) is 0.918. The number of pyridine rings is 1. The number of amides is 2. The summed E-state index contributed by atoms with van der Waals surface area (Å²) in [5, 5.41) is 2.95. The summed E-state index contributed by atoms with van der Waals surface area (Å²) < 4.78 is 5.63. The molecule has 31 heavy (non-hydrogen) atoms. The van der Waals surface area contributed by atoms with Crippen LogP contribution in [0.3, 0.4) is 0 Å². The van der Waals surface area contributed by atoms with Crippen molar-refractivity contribution >= 4 is 23.8 Å². The van der Waals surface area contributed by atoms with Gasteiger partial charge in [0.25, 0.3) is 0 Å². The SMILES string of the molecule is CC1CCCCC1NC(=O)C1CSC(c2ccncc2)N1C(=O)OCc1ccccc1. The molecule has 1 aromatic carbocycles. The molecule has 4 unspecified atom stereocenters. The molecule has 2 aromatic rings. The average Bonchev–Trinajstić information content (AvgIpc) is 3.26. The molecule has 2 aliphatic rings. The van der Waals surface area contributed by atoms with E-state index in [1.54, 1.807) is 29.1 Å². The summed E-state index contributed by atoms with van der Waals surface area (Å²) in [6, 6.07) is 13.0. The molecule has 0 spiro atoms. The topological polar surface area (TPSA) is 71.5 Å². The van der Waals surface area contributed by atoms with Crippen molar-refractivity contribution in [2.24, 2.45) is 5.92 Å². The Morgan fingerprint density at radius 1 is 1.13 bits per heavy atom. The predicted octanol–water partition coefficient (Wildman–Crippen LogP) is 4.53. The van der Waals surface area contributed by atoms with Gasteiger partial charge in [0.05, 0.1) is 0 Å². The first-order chi connectivity index (χ1) is 15.1. The van der Waals surface area contributed by atoms with Crippen molar-refractivity contribution in [1.82, 2.24) is 15.2 Å². The van der Waals surface area contributed by atoms with Crippen molar-refractivity contribution in [2.75, 3.05) is 5.75 Å². The Labute approximate surface area is 187 Å². The predicted molar refractivity (Wildman–Crippen MR) is 121 cm³/mol. The minimum absolute atomic E-state index is 0.0838. The second-order valence-electron chi connectivity index (χ2n) is 8.31. The zero-order chi connectivity index (χ0) is 21.6. The highest BCUT2D eigenvalue weighted by atomic mass is 32.2. The molecule has 4 atom stereocenters. The largest absolute Gasteiger partial charge is 0.444 e. The third-order valence-corrected chi connectivity index (χ3v) is 7.47. The highest BCUT2D eigenvalue weighted by Crippen LogP contribution is 2.42. The monoisotopic (exact) mass is 439 g/mol. The molecule has 0 radical (unpaired) electrons. The van der Waals surface area contributed by atoms with Gasteiger partial charge in [-0.15, -0.1) is 11.8 Å². The number of nitrogens with one attached hydrogen (secondary N) is 1. The highest BCUT2D eigenvalue weighted by Gasteiger charge is 2.44. The van der Waals surface area contributed by atoms with E-state index in [4.69, 9.17) is 4.74 Å². The molecule has 1 saturated heterocycles. The van der Waals surface area contributed by atoms with Crippen LogP contribution in [0.5, 0.6) is 0 Å². The Balaban J connectivity index is 1.50. The average molecular weight is 440 g/mol. The lowest BCUT2D eigenvalue weighted by Crippen LogP contribution is -2.52. The Hall–Kier alpha value is -2.54. The molecule has 164 valence electrons. The van der Waals surface area contributed by atoms with Gasteiger partial charge in [-0.3, -0.25) is 14.7 Å². The first kappa shape index (κ1) is 21.7. The zero-order valence-electron chi connectivity index (χ0n) is 17.8. The number of benzene rings is 1. The van der Waals surface area contributed by atoms with Crippen molar-refractivity contribution in [3.8, 4) is 0 Å². The lowest BCUT2D eigenvalue weighted by Gasteiger charge is -2.33. The number of thioether (sulfide) groups is 1. The molecular weight excluding hydrogens is 410 g/mol. The second-order valence-corrected chi connectivity index (χ2v) is 9.42.